The molecule has 0 aliphatic carbocycles. The minimum atomic E-state index is -0.232. The highest BCUT2D eigenvalue weighted by molar-refractivity contribution is 5.89. The fraction of sp³-hybridized carbons (Fsp3) is 0.692. The Balaban J connectivity index is 1.78. The maximum atomic E-state index is 11.8. The summed E-state index contributed by atoms with van der Waals surface area (Å²) in [6, 6.07) is 0. The molecule has 1 aliphatic rings. The van der Waals surface area contributed by atoms with Gasteiger partial charge in [0.05, 0.1) is 12.8 Å². The molecule has 1 aromatic rings. The second kappa shape index (κ2) is 6.54. The molecule has 0 spiro atoms. The van der Waals surface area contributed by atoms with E-state index >= 15 is 0 Å². The predicted molar refractivity (Wildman–Crippen MR) is 66.4 cm³/mol. The molecule has 1 fully saturated rings. The molecule has 1 unspecified atom stereocenters. The van der Waals surface area contributed by atoms with E-state index in [1.807, 2.05) is 0 Å². The zero-order valence-corrected chi connectivity index (χ0v) is 10.8. The third-order valence-corrected chi connectivity index (χ3v) is 3.10. The van der Waals surface area contributed by atoms with Crippen molar-refractivity contribution < 1.29 is 13.9 Å². The number of nitrogens with one attached hydrogen (secondary N) is 1. The van der Waals surface area contributed by atoms with Gasteiger partial charge < -0.3 is 14.5 Å². The molecule has 0 bridgehead atoms. The van der Waals surface area contributed by atoms with Crippen molar-refractivity contribution in [1.82, 2.24) is 10.3 Å². The van der Waals surface area contributed by atoms with Crippen LogP contribution >= 0.6 is 0 Å². The average Bonchev–Trinajstić information content (AvgIpc) is 3.04. The van der Waals surface area contributed by atoms with E-state index in [2.05, 4.69) is 17.2 Å². The second-order valence-electron chi connectivity index (χ2n) is 4.67. The fourth-order valence-corrected chi connectivity index (χ4v) is 1.94. The van der Waals surface area contributed by atoms with Crippen molar-refractivity contribution in [2.24, 2.45) is 5.92 Å². The van der Waals surface area contributed by atoms with E-state index in [1.165, 1.54) is 0 Å². The number of hydrogen-bond donors (Lipinski definition) is 1. The molecule has 1 atom stereocenters. The summed E-state index contributed by atoms with van der Waals surface area (Å²) in [7, 11) is 0. The molecule has 1 amide bonds. The van der Waals surface area contributed by atoms with Gasteiger partial charge in [0.25, 0.3) is 5.89 Å². The van der Waals surface area contributed by atoms with Crippen LogP contribution in [0.3, 0.4) is 0 Å². The third kappa shape index (κ3) is 3.57. The Kier molecular flexibility index (Phi) is 4.75. The molecule has 0 aromatic carbocycles. The number of rotatable bonds is 6. The van der Waals surface area contributed by atoms with Gasteiger partial charge in [-0.1, -0.05) is 13.3 Å². The number of aryl methyl sites for hydroxylation is 1. The summed E-state index contributed by atoms with van der Waals surface area (Å²) in [4.78, 5) is 15.8. The Hall–Kier alpha value is -1.36. The molecule has 1 aliphatic heterocycles. The lowest BCUT2D eigenvalue weighted by Crippen LogP contribution is -2.29. The third-order valence-electron chi connectivity index (χ3n) is 3.10. The van der Waals surface area contributed by atoms with Crippen molar-refractivity contribution in [1.29, 1.82) is 0 Å². The molecule has 2 rings (SSSR count). The molecule has 5 nitrogen and oxygen atoms in total. The maximum Gasteiger partial charge on any atom is 0.307 e. The smallest absolute Gasteiger partial charge is 0.307 e. The number of nitrogens with zero attached hydrogens (tertiary/aromatic N) is 1. The molecule has 18 heavy (non-hydrogen) atoms. The first-order chi connectivity index (χ1) is 8.79. The molecule has 0 saturated carbocycles. The van der Waals surface area contributed by atoms with Crippen LogP contribution < -0.4 is 5.32 Å². The van der Waals surface area contributed by atoms with Crippen LogP contribution in [0.5, 0.6) is 0 Å². The van der Waals surface area contributed by atoms with Crippen LogP contribution in [0.2, 0.25) is 0 Å². The topological polar surface area (TPSA) is 64.4 Å². The number of oxazole rings is 1. The Morgan fingerprint density at radius 3 is 3.22 bits per heavy atom. The summed E-state index contributed by atoms with van der Waals surface area (Å²) in [6.07, 6.45) is 5.64. The average molecular weight is 252 g/mol. The van der Waals surface area contributed by atoms with Crippen LogP contribution in [0.4, 0.5) is 0 Å². The SMILES string of the molecule is CCCCc1cnc(C(=O)NCC2CCOC2)o1. The standard InChI is InChI=1S/C13H20N2O3/c1-2-3-4-11-8-15-13(18-11)12(16)14-7-10-5-6-17-9-10/h8,10H,2-7,9H2,1H3,(H,14,16). The number of carbonyl (C=O) groups is 1. The van der Waals surface area contributed by atoms with Gasteiger partial charge in [0.15, 0.2) is 0 Å². The summed E-state index contributed by atoms with van der Waals surface area (Å²) < 4.78 is 10.7. The summed E-state index contributed by atoms with van der Waals surface area (Å²) in [5.74, 6) is 1.14. The summed E-state index contributed by atoms with van der Waals surface area (Å²) in [5.41, 5.74) is 0. The molecule has 2 heterocycles. The highest BCUT2D eigenvalue weighted by Gasteiger charge is 2.18. The number of unbranched alkanes of at least 4 members (excludes halogenated alkanes) is 1. The Labute approximate surface area is 107 Å². The van der Waals surface area contributed by atoms with E-state index in [4.69, 9.17) is 9.15 Å². The Morgan fingerprint density at radius 1 is 1.61 bits per heavy atom. The molecule has 1 saturated heterocycles. The first-order valence-corrected chi connectivity index (χ1v) is 6.60. The molecule has 5 heteroatoms. The zero-order chi connectivity index (χ0) is 12.8. The van der Waals surface area contributed by atoms with Crippen LogP contribution in [0.25, 0.3) is 0 Å². The van der Waals surface area contributed by atoms with E-state index in [9.17, 15) is 4.79 Å². The van der Waals surface area contributed by atoms with E-state index in [1.54, 1.807) is 6.20 Å². The van der Waals surface area contributed by atoms with E-state index in [-0.39, 0.29) is 11.8 Å². The van der Waals surface area contributed by atoms with Gasteiger partial charge in [-0.25, -0.2) is 4.98 Å². The summed E-state index contributed by atoms with van der Waals surface area (Å²) in [6.45, 7) is 4.27. The van der Waals surface area contributed by atoms with Crippen LogP contribution in [0.15, 0.2) is 10.6 Å². The Morgan fingerprint density at radius 2 is 2.50 bits per heavy atom. The second-order valence-corrected chi connectivity index (χ2v) is 4.67. The van der Waals surface area contributed by atoms with Crippen molar-refractivity contribution in [3.8, 4) is 0 Å². The number of ether oxygens (including phenoxy) is 1. The van der Waals surface area contributed by atoms with Gasteiger partial charge in [-0.15, -0.1) is 0 Å². The lowest BCUT2D eigenvalue weighted by Gasteiger charge is -2.07. The van der Waals surface area contributed by atoms with Gasteiger partial charge in [-0.2, -0.15) is 0 Å². The summed E-state index contributed by atoms with van der Waals surface area (Å²) in [5, 5.41) is 2.84. The molecule has 0 radical (unpaired) electrons. The summed E-state index contributed by atoms with van der Waals surface area (Å²) >= 11 is 0. The normalized spacial score (nSPS) is 19.1. The van der Waals surface area contributed by atoms with Crippen LogP contribution in [0.1, 0.15) is 42.6 Å². The van der Waals surface area contributed by atoms with Crippen LogP contribution in [-0.2, 0) is 11.2 Å². The van der Waals surface area contributed by atoms with Crippen LogP contribution in [-0.4, -0.2) is 30.6 Å². The van der Waals surface area contributed by atoms with Gasteiger partial charge in [-0.05, 0) is 12.8 Å². The first kappa shape index (κ1) is 13.1. The highest BCUT2D eigenvalue weighted by atomic mass is 16.5. The number of aromatic nitrogens is 1. The van der Waals surface area contributed by atoms with Crippen LogP contribution in [0, 0.1) is 5.92 Å². The lowest BCUT2D eigenvalue weighted by molar-refractivity contribution is 0.0908. The van der Waals surface area contributed by atoms with Gasteiger partial charge in [0, 0.05) is 25.5 Å². The quantitative estimate of drug-likeness (QED) is 0.838. The lowest BCUT2D eigenvalue weighted by atomic mass is 10.1. The number of hydrogen-bond acceptors (Lipinski definition) is 4. The fourth-order valence-electron chi connectivity index (χ4n) is 1.94. The minimum absolute atomic E-state index is 0.167. The molecule has 100 valence electrons. The van der Waals surface area contributed by atoms with Crippen molar-refractivity contribution in [3.63, 3.8) is 0 Å². The Bertz CT molecular complexity index is 383. The maximum absolute atomic E-state index is 11.8. The van der Waals surface area contributed by atoms with Crippen molar-refractivity contribution >= 4 is 5.91 Å². The van der Waals surface area contributed by atoms with Crippen molar-refractivity contribution in [2.45, 2.75) is 32.6 Å². The van der Waals surface area contributed by atoms with Crippen molar-refractivity contribution in [3.05, 3.63) is 17.8 Å². The molecular formula is C13H20N2O3. The molecule has 1 N–H and O–H groups in total. The highest BCUT2D eigenvalue weighted by Crippen LogP contribution is 2.11. The molecule has 1 aromatic heterocycles. The number of amides is 1. The van der Waals surface area contributed by atoms with E-state index in [0.717, 1.165) is 44.7 Å². The minimum Gasteiger partial charge on any atom is -0.438 e. The molecular weight excluding hydrogens is 232 g/mol. The van der Waals surface area contributed by atoms with Gasteiger partial charge in [0.2, 0.25) is 0 Å². The first-order valence-electron chi connectivity index (χ1n) is 6.60. The van der Waals surface area contributed by atoms with Gasteiger partial charge in [0.1, 0.15) is 5.76 Å². The van der Waals surface area contributed by atoms with Crippen molar-refractivity contribution in [2.75, 3.05) is 19.8 Å². The van der Waals surface area contributed by atoms with Gasteiger partial charge in [-0.3, -0.25) is 4.79 Å². The predicted octanol–water partition coefficient (Wildman–Crippen LogP) is 1.78. The van der Waals surface area contributed by atoms with E-state index < -0.39 is 0 Å². The largest absolute Gasteiger partial charge is 0.438 e. The van der Waals surface area contributed by atoms with E-state index in [0.29, 0.717) is 12.5 Å². The monoisotopic (exact) mass is 252 g/mol. The number of carbonyl (C=O) groups excluding carboxylic acids is 1. The van der Waals surface area contributed by atoms with Gasteiger partial charge >= 0.3 is 5.91 Å². The zero-order valence-electron chi connectivity index (χ0n) is 10.8.